The van der Waals surface area contributed by atoms with Crippen LogP contribution in [-0.2, 0) is 6.54 Å². The van der Waals surface area contributed by atoms with Gasteiger partial charge in [0.25, 0.3) is 5.56 Å². The van der Waals surface area contributed by atoms with E-state index in [1.54, 1.807) is 0 Å². The molecule has 0 aliphatic rings. The number of nitrogens with zero attached hydrogens (tertiary/aromatic N) is 1. The van der Waals surface area contributed by atoms with Crippen LogP contribution in [0.5, 0.6) is 0 Å². The molecule has 0 aliphatic carbocycles. The van der Waals surface area contributed by atoms with Gasteiger partial charge in [0, 0.05) is 0 Å². The third kappa shape index (κ3) is 2.68. The molecule has 0 fully saturated rings. The Morgan fingerprint density at radius 2 is 1.52 bits per heavy atom. The number of hydrogen-bond donors (Lipinski definition) is 1. The molecule has 0 atom stereocenters. The Kier molecular flexibility index (Phi) is 3.58. The fraction of sp³-hybridized carbons (Fsp3) is 0.0476. The number of hydrogen-bond acceptors (Lipinski definition) is 2. The molecule has 1 aromatic heterocycles. The maximum atomic E-state index is 12.7. The number of para-hydroxylation sites is 1. The lowest BCUT2D eigenvalue weighted by atomic mass is 10.1. The molecule has 1 N–H and O–H groups in total. The van der Waals surface area contributed by atoms with Gasteiger partial charge in [0.2, 0.25) is 0 Å². The number of carboxylic acids is 1. The molecule has 0 aliphatic heterocycles. The number of carboxylic acid groups (broad SMARTS) is 1. The van der Waals surface area contributed by atoms with Gasteiger partial charge in [0.05, 0.1) is 12.1 Å². The van der Waals surface area contributed by atoms with Crippen LogP contribution in [0, 0.1) is 0 Å². The summed E-state index contributed by atoms with van der Waals surface area (Å²) in [6.07, 6.45) is 0. The van der Waals surface area contributed by atoms with Gasteiger partial charge in [0.1, 0.15) is 5.56 Å². The zero-order valence-electron chi connectivity index (χ0n) is 13.3. The molecule has 4 rings (SSSR count). The van der Waals surface area contributed by atoms with E-state index >= 15 is 0 Å². The van der Waals surface area contributed by atoms with Crippen LogP contribution in [0.15, 0.2) is 77.6 Å². The van der Waals surface area contributed by atoms with E-state index < -0.39 is 11.5 Å². The smallest absolute Gasteiger partial charge is 0.341 e. The second-order valence-corrected chi connectivity index (χ2v) is 5.99. The van der Waals surface area contributed by atoms with Crippen molar-refractivity contribution in [3.63, 3.8) is 0 Å². The molecule has 0 spiro atoms. The van der Waals surface area contributed by atoms with Crippen molar-refractivity contribution in [1.82, 2.24) is 4.57 Å². The summed E-state index contributed by atoms with van der Waals surface area (Å²) in [5.74, 6) is -1.21. The van der Waals surface area contributed by atoms with Crippen molar-refractivity contribution in [2.45, 2.75) is 6.54 Å². The van der Waals surface area contributed by atoms with Gasteiger partial charge in [-0.25, -0.2) is 4.79 Å². The highest BCUT2D eigenvalue weighted by Gasteiger charge is 2.14. The maximum absolute atomic E-state index is 12.7. The second kappa shape index (κ2) is 5.91. The van der Waals surface area contributed by atoms with E-state index in [9.17, 15) is 14.7 Å². The predicted molar refractivity (Wildman–Crippen MR) is 98.2 cm³/mol. The monoisotopic (exact) mass is 329 g/mol. The van der Waals surface area contributed by atoms with E-state index in [1.165, 1.54) is 10.6 Å². The van der Waals surface area contributed by atoms with E-state index in [0.717, 1.165) is 27.2 Å². The van der Waals surface area contributed by atoms with E-state index in [1.807, 2.05) is 66.7 Å². The Hall–Kier alpha value is -3.40. The Morgan fingerprint density at radius 3 is 2.28 bits per heavy atom. The second-order valence-electron chi connectivity index (χ2n) is 5.99. The minimum Gasteiger partial charge on any atom is -0.477 e. The first-order chi connectivity index (χ1) is 12.1. The quantitative estimate of drug-likeness (QED) is 0.620. The molecule has 0 amide bonds. The zero-order chi connectivity index (χ0) is 17.4. The lowest BCUT2D eigenvalue weighted by Crippen LogP contribution is -2.27. The summed E-state index contributed by atoms with van der Waals surface area (Å²) in [4.78, 5) is 24.1. The van der Waals surface area contributed by atoms with Crippen LogP contribution in [0.4, 0.5) is 0 Å². The molecule has 0 radical (unpaired) electrons. The first-order valence-electron chi connectivity index (χ1n) is 7.97. The molecule has 3 aromatic carbocycles. The number of carbonyl (C=O) groups is 1. The minimum absolute atomic E-state index is 0.209. The van der Waals surface area contributed by atoms with E-state index in [-0.39, 0.29) is 5.56 Å². The molecule has 0 saturated carbocycles. The number of benzene rings is 3. The Balaban J connectivity index is 1.91. The first kappa shape index (κ1) is 15.1. The molecule has 25 heavy (non-hydrogen) atoms. The van der Waals surface area contributed by atoms with Crippen LogP contribution in [0.1, 0.15) is 15.9 Å². The molecule has 0 bridgehead atoms. The van der Waals surface area contributed by atoms with Gasteiger partial charge < -0.3 is 9.67 Å². The lowest BCUT2D eigenvalue weighted by molar-refractivity contribution is 0.0694. The third-order valence-electron chi connectivity index (χ3n) is 4.39. The minimum atomic E-state index is -1.21. The van der Waals surface area contributed by atoms with Gasteiger partial charge in [-0.15, -0.1) is 0 Å². The lowest BCUT2D eigenvalue weighted by Gasteiger charge is -2.12. The van der Waals surface area contributed by atoms with Crippen molar-refractivity contribution in [3.05, 3.63) is 94.3 Å². The van der Waals surface area contributed by atoms with Crippen molar-refractivity contribution < 1.29 is 9.90 Å². The number of fused-ring (bicyclic) bond motifs is 2. The Bertz CT molecular complexity index is 1170. The number of pyridine rings is 1. The van der Waals surface area contributed by atoms with Crippen molar-refractivity contribution in [1.29, 1.82) is 0 Å². The van der Waals surface area contributed by atoms with Gasteiger partial charge in [-0.05, 0) is 39.9 Å². The van der Waals surface area contributed by atoms with Crippen molar-refractivity contribution >= 4 is 27.6 Å². The highest BCUT2D eigenvalue weighted by atomic mass is 16.4. The van der Waals surface area contributed by atoms with Crippen LogP contribution >= 0.6 is 0 Å². The van der Waals surface area contributed by atoms with Gasteiger partial charge in [-0.2, -0.15) is 0 Å². The molecule has 0 saturated heterocycles. The summed E-state index contributed by atoms with van der Waals surface area (Å²) < 4.78 is 1.53. The molecule has 1 heterocycles. The molecule has 122 valence electrons. The average Bonchev–Trinajstić information content (AvgIpc) is 2.63. The van der Waals surface area contributed by atoms with Gasteiger partial charge in [-0.1, -0.05) is 54.6 Å². The molecular weight excluding hydrogens is 314 g/mol. The van der Waals surface area contributed by atoms with Gasteiger partial charge in [0.15, 0.2) is 0 Å². The van der Waals surface area contributed by atoms with E-state index in [4.69, 9.17) is 0 Å². The van der Waals surface area contributed by atoms with E-state index in [0.29, 0.717) is 6.54 Å². The van der Waals surface area contributed by atoms with Crippen molar-refractivity contribution in [2.75, 3.05) is 0 Å². The van der Waals surface area contributed by atoms with Crippen molar-refractivity contribution in [2.24, 2.45) is 0 Å². The van der Waals surface area contributed by atoms with Crippen LogP contribution in [0.2, 0.25) is 0 Å². The standard InChI is InChI=1S/C21H15NO3/c23-20-18(21(24)25)12-17-7-3-4-8-19(17)22(20)13-14-9-10-15-5-1-2-6-16(15)11-14/h1-12H,13H2,(H,24,25). The highest BCUT2D eigenvalue weighted by Crippen LogP contribution is 2.19. The molecular formula is C21H15NO3. The number of rotatable bonds is 3. The fourth-order valence-electron chi connectivity index (χ4n) is 3.16. The Morgan fingerprint density at radius 1 is 0.840 bits per heavy atom. The van der Waals surface area contributed by atoms with Crippen LogP contribution < -0.4 is 5.56 Å². The zero-order valence-corrected chi connectivity index (χ0v) is 13.3. The normalized spacial score (nSPS) is 11.0. The maximum Gasteiger partial charge on any atom is 0.341 e. The molecule has 4 heteroatoms. The van der Waals surface area contributed by atoms with Gasteiger partial charge in [-0.3, -0.25) is 4.79 Å². The molecule has 0 unspecified atom stereocenters. The largest absolute Gasteiger partial charge is 0.477 e. The molecule has 4 aromatic rings. The average molecular weight is 329 g/mol. The summed E-state index contributed by atoms with van der Waals surface area (Å²) in [5, 5.41) is 12.3. The van der Waals surface area contributed by atoms with Crippen molar-refractivity contribution in [3.8, 4) is 0 Å². The fourth-order valence-corrected chi connectivity index (χ4v) is 3.16. The topological polar surface area (TPSA) is 59.3 Å². The van der Waals surface area contributed by atoms with Crippen LogP contribution in [0.25, 0.3) is 21.7 Å². The molecule has 4 nitrogen and oxygen atoms in total. The highest BCUT2D eigenvalue weighted by molar-refractivity contribution is 5.92. The summed E-state index contributed by atoms with van der Waals surface area (Å²) in [7, 11) is 0. The Labute approximate surface area is 143 Å². The summed E-state index contributed by atoms with van der Waals surface area (Å²) in [5.41, 5.74) is 0.984. The first-order valence-corrected chi connectivity index (χ1v) is 7.97. The van der Waals surface area contributed by atoms with Crippen LogP contribution in [-0.4, -0.2) is 15.6 Å². The SMILES string of the molecule is O=C(O)c1cc2ccccc2n(Cc2ccc3ccccc3c2)c1=O. The number of aromatic nitrogens is 1. The summed E-state index contributed by atoms with van der Waals surface area (Å²) in [6.45, 7) is 0.325. The van der Waals surface area contributed by atoms with Crippen LogP contribution in [0.3, 0.4) is 0 Å². The number of aromatic carboxylic acids is 1. The summed E-state index contributed by atoms with van der Waals surface area (Å²) in [6, 6.07) is 22.8. The third-order valence-corrected chi connectivity index (χ3v) is 4.39. The summed E-state index contributed by atoms with van der Waals surface area (Å²) >= 11 is 0. The van der Waals surface area contributed by atoms with Gasteiger partial charge >= 0.3 is 5.97 Å². The predicted octanol–water partition coefficient (Wildman–Crippen LogP) is 3.90. The van der Waals surface area contributed by atoms with E-state index in [2.05, 4.69) is 0 Å².